The first-order valence-corrected chi connectivity index (χ1v) is 6.58. The largest absolute Gasteiger partial charge is 0.401 e. The highest BCUT2D eigenvalue weighted by Gasteiger charge is 2.13. The van der Waals surface area contributed by atoms with E-state index in [1.807, 2.05) is 31.2 Å². The zero-order valence-electron chi connectivity index (χ0n) is 12.1. The van der Waals surface area contributed by atoms with E-state index >= 15 is 0 Å². The number of hydrogen-bond donors (Lipinski definition) is 2. The quantitative estimate of drug-likeness (QED) is 0.773. The summed E-state index contributed by atoms with van der Waals surface area (Å²) in [4.78, 5) is 11.8. The molecule has 1 aromatic carbocycles. The van der Waals surface area contributed by atoms with Crippen LogP contribution >= 0.6 is 0 Å². The Morgan fingerprint density at radius 2 is 1.91 bits per heavy atom. The molecule has 2 N–H and O–H groups in total. The molecule has 0 atom stereocenters. The summed E-state index contributed by atoms with van der Waals surface area (Å²) in [6.07, 6.45) is 1.76. The lowest BCUT2D eigenvalue weighted by Crippen LogP contribution is -2.19. The van der Waals surface area contributed by atoms with E-state index in [9.17, 15) is 4.79 Å². The minimum absolute atomic E-state index is 0.00487. The number of nitrogens with zero attached hydrogens (tertiary/aromatic N) is 4. The van der Waals surface area contributed by atoms with Gasteiger partial charge in [-0.1, -0.05) is 22.8 Å². The Bertz CT molecular complexity index is 790. The van der Waals surface area contributed by atoms with E-state index in [-0.39, 0.29) is 11.9 Å². The number of amides is 2. The van der Waals surface area contributed by atoms with Gasteiger partial charge in [-0.2, -0.15) is 5.10 Å². The highest BCUT2D eigenvalue weighted by molar-refractivity contribution is 5.98. The van der Waals surface area contributed by atoms with Crippen molar-refractivity contribution in [2.24, 2.45) is 7.05 Å². The van der Waals surface area contributed by atoms with Crippen molar-refractivity contribution in [1.29, 1.82) is 0 Å². The average Bonchev–Trinajstić information content (AvgIpc) is 3.10. The van der Waals surface area contributed by atoms with Crippen LogP contribution in [-0.2, 0) is 7.05 Å². The molecule has 2 amide bonds. The summed E-state index contributed by atoms with van der Waals surface area (Å²) in [5, 5.41) is 16.9. The van der Waals surface area contributed by atoms with Gasteiger partial charge in [0.15, 0.2) is 0 Å². The third kappa shape index (κ3) is 3.11. The molecule has 0 saturated carbocycles. The number of nitrogens with one attached hydrogen (secondary N) is 2. The van der Waals surface area contributed by atoms with E-state index in [0.717, 1.165) is 5.56 Å². The summed E-state index contributed by atoms with van der Waals surface area (Å²) >= 11 is 0. The Hall–Kier alpha value is -3.16. The fraction of sp³-hybridized carbons (Fsp3) is 0.143. The molecule has 2 aromatic heterocycles. The summed E-state index contributed by atoms with van der Waals surface area (Å²) in [6, 6.07) is 8.71. The Kier molecular flexibility index (Phi) is 3.57. The molecule has 22 heavy (non-hydrogen) atoms. The van der Waals surface area contributed by atoms with Gasteiger partial charge in [0.2, 0.25) is 0 Å². The van der Waals surface area contributed by atoms with Gasteiger partial charge in [0.1, 0.15) is 5.69 Å². The number of hydrogen-bond acceptors (Lipinski definition) is 5. The SMILES string of the molecule is Cc1ccc(NC(=O)Nc2nnc(-c3ccn(C)n3)o2)cc1. The van der Waals surface area contributed by atoms with Crippen LogP contribution in [0.2, 0.25) is 0 Å². The number of carbonyl (C=O) groups excluding carboxylic acids is 1. The number of urea groups is 1. The average molecular weight is 298 g/mol. The Labute approximate surface area is 126 Å². The lowest BCUT2D eigenvalue weighted by atomic mass is 10.2. The monoisotopic (exact) mass is 298 g/mol. The van der Waals surface area contributed by atoms with Crippen LogP contribution in [0.5, 0.6) is 0 Å². The van der Waals surface area contributed by atoms with Crippen LogP contribution < -0.4 is 10.6 Å². The molecule has 0 spiro atoms. The van der Waals surface area contributed by atoms with E-state index in [2.05, 4.69) is 25.9 Å². The second-order valence-electron chi connectivity index (χ2n) is 4.73. The van der Waals surface area contributed by atoms with Crippen LogP contribution in [0.25, 0.3) is 11.6 Å². The van der Waals surface area contributed by atoms with Crippen LogP contribution in [0, 0.1) is 6.92 Å². The van der Waals surface area contributed by atoms with E-state index in [0.29, 0.717) is 11.4 Å². The third-order valence-electron chi connectivity index (χ3n) is 2.89. The van der Waals surface area contributed by atoms with Gasteiger partial charge in [0.25, 0.3) is 5.89 Å². The van der Waals surface area contributed by atoms with Crippen molar-refractivity contribution >= 4 is 17.7 Å². The van der Waals surface area contributed by atoms with Crippen LogP contribution in [0.15, 0.2) is 40.9 Å². The van der Waals surface area contributed by atoms with Gasteiger partial charge < -0.3 is 9.73 Å². The zero-order chi connectivity index (χ0) is 15.5. The molecule has 0 unspecified atom stereocenters. The molecular formula is C14H14N6O2. The van der Waals surface area contributed by atoms with E-state index in [4.69, 9.17) is 4.42 Å². The maximum absolute atomic E-state index is 11.8. The standard InChI is InChI=1S/C14H14N6O2/c1-9-3-5-10(6-4-9)15-13(21)16-14-18-17-12(22-14)11-7-8-20(2)19-11/h3-8H,1-2H3,(H2,15,16,18,21). The molecule has 112 valence electrons. The van der Waals surface area contributed by atoms with Gasteiger partial charge in [-0.05, 0) is 25.1 Å². The Balaban J connectivity index is 1.64. The van der Waals surface area contributed by atoms with Gasteiger partial charge in [0.05, 0.1) is 0 Å². The van der Waals surface area contributed by atoms with Crippen LogP contribution in [0.1, 0.15) is 5.56 Å². The molecule has 2 heterocycles. The predicted octanol–water partition coefficient (Wildman–Crippen LogP) is 2.42. The molecule has 3 aromatic rings. The zero-order valence-corrected chi connectivity index (χ0v) is 12.1. The van der Waals surface area contributed by atoms with Crippen molar-refractivity contribution in [3.63, 3.8) is 0 Å². The number of aryl methyl sites for hydroxylation is 2. The van der Waals surface area contributed by atoms with Gasteiger partial charge in [-0.3, -0.25) is 10.00 Å². The molecule has 3 rings (SSSR count). The van der Waals surface area contributed by atoms with E-state index in [1.165, 1.54) is 0 Å². The summed E-state index contributed by atoms with van der Waals surface area (Å²) in [5.74, 6) is 0.242. The van der Waals surface area contributed by atoms with Crippen molar-refractivity contribution in [1.82, 2.24) is 20.0 Å². The molecule has 0 aliphatic rings. The summed E-state index contributed by atoms with van der Waals surface area (Å²) in [7, 11) is 1.79. The smallest absolute Gasteiger partial charge is 0.327 e. The number of carbonyl (C=O) groups is 1. The molecule has 8 heteroatoms. The number of anilines is 2. The first kappa shape index (κ1) is 13.8. The Morgan fingerprint density at radius 3 is 2.59 bits per heavy atom. The van der Waals surface area contributed by atoms with E-state index in [1.54, 1.807) is 24.0 Å². The van der Waals surface area contributed by atoms with Gasteiger partial charge >= 0.3 is 12.0 Å². The maximum atomic E-state index is 11.8. The van der Waals surface area contributed by atoms with Crippen molar-refractivity contribution in [2.75, 3.05) is 10.6 Å². The van der Waals surface area contributed by atoms with Crippen LogP contribution in [0.3, 0.4) is 0 Å². The lowest BCUT2D eigenvalue weighted by Gasteiger charge is -2.04. The van der Waals surface area contributed by atoms with Crippen molar-refractivity contribution < 1.29 is 9.21 Å². The van der Waals surface area contributed by atoms with Crippen LogP contribution in [0.4, 0.5) is 16.5 Å². The molecule has 0 aliphatic carbocycles. The topological polar surface area (TPSA) is 97.9 Å². The maximum Gasteiger partial charge on any atom is 0.327 e. The highest BCUT2D eigenvalue weighted by atomic mass is 16.4. The normalized spacial score (nSPS) is 10.5. The molecule has 0 saturated heterocycles. The van der Waals surface area contributed by atoms with Gasteiger partial charge in [-0.15, -0.1) is 5.10 Å². The second-order valence-corrected chi connectivity index (χ2v) is 4.73. The van der Waals surface area contributed by atoms with Crippen LogP contribution in [-0.4, -0.2) is 26.0 Å². The second kappa shape index (κ2) is 5.68. The minimum Gasteiger partial charge on any atom is -0.401 e. The van der Waals surface area contributed by atoms with Crippen molar-refractivity contribution in [2.45, 2.75) is 6.92 Å². The van der Waals surface area contributed by atoms with Gasteiger partial charge in [0, 0.05) is 18.9 Å². The number of rotatable bonds is 3. The van der Waals surface area contributed by atoms with Gasteiger partial charge in [-0.25, -0.2) is 4.79 Å². The molecule has 0 bridgehead atoms. The fourth-order valence-electron chi connectivity index (χ4n) is 1.80. The summed E-state index contributed by atoms with van der Waals surface area (Å²) in [6.45, 7) is 1.97. The first-order valence-electron chi connectivity index (χ1n) is 6.58. The predicted molar refractivity (Wildman–Crippen MR) is 80.3 cm³/mol. The summed E-state index contributed by atoms with van der Waals surface area (Å²) < 4.78 is 6.96. The lowest BCUT2D eigenvalue weighted by molar-refractivity contribution is 0.261. The Morgan fingerprint density at radius 1 is 1.14 bits per heavy atom. The number of aromatic nitrogens is 4. The number of benzene rings is 1. The third-order valence-corrected chi connectivity index (χ3v) is 2.89. The fourth-order valence-corrected chi connectivity index (χ4v) is 1.80. The summed E-state index contributed by atoms with van der Waals surface area (Å²) in [5.41, 5.74) is 2.33. The first-order chi connectivity index (χ1) is 10.6. The molecule has 0 fully saturated rings. The minimum atomic E-state index is -0.458. The molecular weight excluding hydrogens is 284 g/mol. The molecule has 0 aliphatic heterocycles. The van der Waals surface area contributed by atoms with Crippen molar-refractivity contribution in [3.8, 4) is 11.6 Å². The highest BCUT2D eigenvalue weighted by Crippen LogP contribution is 2.17. The van der Waals surface area contributed by atoms with E-state index < -0.39 is 6.03 Å². The molecule has 0 radical (unpaired) electrons. The van der Waals surface area contributed by atoms with Crippen molar-refractivity contribution in [3.05, 3.63) is 42.1 Å². The molecule has 8 nitrogen and oxygen atoms in total.